The number of aromatic nitrogens is 2. The first-order chi connectivity index (χ1) is 13.2. The zero-order valence-corrected chi connectivity index (χ0v) is 14.9. The van der Waals surface area contributed by atoms with Crippen LogP contribution in [0.3, 0.4) is 0 Å². The van der Waals surface area contributed by atoms with Crippen molar-refractivity contribution in [2.45, 2.75) is 6.92 Å². The SMILES string of the molecule is COc1ccccc1C(=O)Nc1ccc(-c2nc3ncccc3o2)cc1C. The Labute approximate surface area is 155 Å². The standard InChI is InChI=1S/C21H17N3O3/c1-13-12-14(21-24-19-18(27-21)8-5-11-22-19)9-10-16(13)23-20(25)15-6-3-4-7-17(15)26-2/h3-12H,1-2H3,(H,23,25). The molecule has 134 valence electrons. The number of rotatable bonds is 4. The highest BCUT2D eigenvalue weighted by Gasteiger charge is 2.14. The summed E-state index contributed by atoms with van der Waals surface area (Å²) in [5.74, 6) is 0.798. The fraction of sp³-hybridized carbons (Fsp3) is 0.0952. The lowest BCUT2D eigenvalue weighted by Gasteiger charge is -2.11. The van der Waals surface area contributed by atoms with Crippen LogP contribution in [0, 0.1) is 6.92 Å². The van der Waals surface area contributed by atoms with Crippen LogP contribution in [-0.2, 0) is 0 Å². The van der Waals surface area contributed by atoms with Crippen molar-refractivity contribution in [1.29, 1.82) is 0 Å². The molecule has 0 aliphatic heterocycles. The maximum Gasteiger partial charge on any atom is 0.259 e. The molecule has 0 unspecified atom stereocenters. The summed E-state index contributed by atoms with van der Waals surface area (Å²) in [6.07, 6.45) is 1.68. The van der Waals surface area contributed by atoms with E-state index in [9.17, 15) is 4.79 Å². The minimum atomic E-state index is -0.227. The summed E-state index contributed by atoms with van der Waals surface area (Å²) in [5, 5.41) is 2.92. The van der Waals surface area contributed by atoms with Crippen molar-refractivity contribution >= 4 is 22.8 Å². The molecule has 0 saturated carbocycles. The molecule has 6 heteroatoms. The number of fused-ring (bicyclic) bond motifs is 1. The monoisotopic (exact) mass is 359 g/mol. The fourth-order valence-electron chi connectivity index (χ4n) is 2.85. The van der Waals surface area contributed by atoms with Crippen molar-refractivity contribution in [3.8, 4) is 17.2 Å². The highest BCUT2D eigenvalue weighted by molar-refractivity contribution is 6.06. The average molecular weight is 359 g/mol. The van der Waals surface area contributed by atoms with Crippen LogP contribution in [0.5, 0.6) is 5.75 Å². The van der Waals surface area contributed by atoms with Gasteiger partial charge in [0.1, 0.15) is 5.75 Å². The van der Waals surface area contributed by atoms with Crippen molar-refractivity contribution in [1.82, 2.24) is 9.97 Å². The third-order valence-corrected chi connectivity index (χ3v) is 4.24. The first-order valence-corrected chi connectivity index (χ1v) is 8.42. The van der Waals surface area contributed by atoms with Gasteiger partial charge < -0.3 is 14.5 Å². The molecule has 0 bridgehead atoms. The number of hydrogen-bond donors (Lipinski definition) is 1. The van der Waals surface area contributed by atoms with Crippen molar-refractivity contribution < 1.29 is 13.9 Å². The number of aryl methyl sites for hydroxylation is 1. The lowest BCUT2D eigenvalue weighted by atomic mass is 10.1. The summed E-state index contributed by atoms with van der Waals surface area (Å²) in [6.45, 7) is 1.92. The van der Waals surface area contributed by atoms with Gasteiger partial charge in [-0.3, -0.25) is 4.79 Å². The number of oxazole rings is 1. The molecule has 27 heavy (non-hydrogen) atoms. The number of ether oxygens (including phenoxy) is 1. The maximum absolute atomic E-state index is 12.6. The number of carbonyl (C=O) groups is 1. The van der Waals surface area contributed by atoms with Gasteiger partial charge in [0, 0.05) is 17.4 Å². The second-order valence-electron chi connectivity index (χ2n) is 6.03. The minimum absolute atomic E-state index is 0.227. The van der Waals surface area contributed by atoms with E-state index in [1.54, 1.807) is 37.6 Å². The maximum atomic E-state index is 12.6. The summed E-state index contributed by atoms with van der Waals surface area (Å²) < 4.78 is 11.0. The van der Waals surface area contributed by atoms with E-state index in [2.05, 4.69) is 15.3 Å². The number of benzene rings is 2. The number of amides is 1. The number of hydrogen-bond acceptors (Lipinski definition) is 5. The van der Waals surface area contributed by atoms with Gasteiger partial charge >= 0.3 is 0 Å². The van der Waals surface area contributed by atoms with Gasteiger partial charge in [0.25, 0.3) is 5.91 Å². The molecule has 2 heterocycles. The van der Waals surface area contributed by atoms with Crippen LogP contribution in [0.4, 0.5) is 5.69 Å². The topological polar surface area (TPSA) is 77.2 Å². The Bertz CT molecular complexity index is 1100. The van der Waals surface area contributed by atoms with Crippen molar-refractivity contribution in [2.24, 2.45) is 0 Å². The number of methoxy groups -OCH3 is 1. The Morgan fingerprint density at radius 1 is 1.11 bits per heavy atom. The zero-order chi connectivity index (χ0) is 18.8. The van der Waals surface area contributed by atoms with Gasteiger partial charge in [0.15, 0.2) is 11.2 Å². The molecule has 0 aliphatic carbocycles. The highest BCUT2D eigenvalue weighted by Crippen LogP contribution is 2.27. The first kappa shape index (κ1) is 16.8. The number of anilines is 1. The van der Waals surface area contributed by atoms with Crippen LogP contribution in [0.2, 0.25) is 0 Å². The number of para-hydroxylation sites is 1. The second kappa shape index (κ2) is 6.92. The van der Waals surface area contributed by atoms with Gasteiger partial charge in [-0.05, 0) is 55.0 Å². The summed E-state index contributed by atoms with van der Waals surface area (Å²) >= 11 is 0. The Balaban J connectivity index is 1.61. The summed E-state index contributed by atoms with van der Waals surface area (Å²) in [7, 11) is 1.54. The normalized spacial score (nSPS) is 10.7. The van der Waals surface area contributed by atoms with Gasteiger partial charge in [-0.15, -0.1) is 0 Å². The first-order valence-electron chi connectivity index (χ1n) is 8.42. The van der Waals surface area contributed by atoms with Gasteiger partial charge in [0.05, 0.1) is 12.7 Å². The molecule has 0 atom stereocenters. The van der Waals surface area contributed by atoms with Crippen molar-refractivity contribution in [2.75, 3.05) is 12.4 Å². The quantitative estimate of drug-likeness (QED) is 0.582. The molecule has 1 N–H and O–H groups in total. The molecule has 2 aromatic carbocycles. The van der Waals surface area contributed by atoms with Crippen LogP contribution in [0.25, 0.3) is 22.7 Å². The third kappa shape index (κ3) is 3.25. The third-order valence-electron chi connectivity index (χ3n) is 4.24. The Hall–Kier alpha value is -3.67. The molecule has 6 nitrogen and oxygen atoms in total. The summed E-state index contributed by atoms with van der Waals surface area (Å²) in [6, 6.07) is 16.3. The Kier molecular flexibility index (Phi) is 4.30. The van der Waals surface area contributed by atoms with E-state index < -0.39 is 0 Å². The molecule has 1 amide bonds. The largest absolute Gasteiger partial charge is 0.496 e. The second-order valence-corrected chi connectivity index (χ2v) is 6.03. The number of pyridine rings is 1. The number of nitrogens with one attached hydrogen (secondary N) is 1. The molecule has 0 radical (unpaired) electrons. The number of nitrogens with zero attached hydrogens (tertiary/aromatic N) is 2. The van der Waals surface area contributed by atoms with Crippen LogP contribution in [0.1, 0.15) is 15.9 Å². The summed E-state index contributed by atoms with van der Waals surface area (Å²) in [4.78, 5) is 21.2. The van der Waals surface area contributed by atoms with Crippen LogP contribution >= 0.6 is 0 Å². The van der Waals surface area contributed by atoms with Crippen LogP contribution in [0.15, 0.2) is 65.2 Å². The predicted octanol–water partition coefficient (Wildman–Crippen LogP) is 4.46. The number of carbonyl (C=O) groups excluding carboxylic acids is 1. The van der Waals surface area contributed by atoms with Gasteiger partial charge in [-0.1, -0.05) is 12.1 Å². The van der Waals surface area contributed by atoms with Crippen LogP contribution in [-0.4, -0.2) is 23.0 Å². The molecular weight excluding hydrogens is 342 g/mol. The molecule has 0 saturated heterocycles. The fourth-order valence-corrected chi connectivity index (χ4v) is 2.85. The zero-order valence-electron chi connectivity index (χ0n) is 14.9. The van der Waals surface area contributed by atoms with E-state index in [1.165, 1.54) is 0 Å². The lowest BCUT2D eigenvalue weighted by Crippen LogP contribution is -2.13. The molecular formula is C21H17N3O3. The predicted molar refractivity (Wildman–Crippen MR) is 103 cm³/mol. The highest BCUT2D eigenvalue weighted by atomic mass is 16.5. The smallest absolute Gasteiger partial charge is 0.259 e. The molecule has 0 aliphatic rings. The molecule has 4 aromatic rings. The molecule has 2 aromatic heterocycles. The van der Waals surface area contributed by atoms with Gasteiger partial charge in [0.2, 0.25) is 5.89 Å². The van der Waals surface area contributed by atoms with E-state index >= 15 is 0 Å². The van der Waals surface area contributed by atoms with Crippen LogP contribution < -0.4 is 10.1 Å². The molecule has 0 spiro atoms. The van der Waals surface area contributed by atoms with Gasteiger partial charge in [-0.2, -0.15) is 4.98 Å². The van der Waals surface area contributed by atoms with E-state index in [0.717, 1.165) is 11.1 Å². The van der Waals surface area contributed by atoms with E-state index in [4.69, 9.17) is 9.15 Å². The van der Waals surface area contributed by atoms with Crippen molar-refractivity contribution in [3.63, 3.8) is 0 Å². The van der Waals surface area contributed by atoms with Crippen molar-refractivity contribution in [3.05, 3.63) is 71.9 Å². The van der Waals surface area contributed by atoms with E-state index in [-0.39, 0.29) is 5.91 Å². The Morgan fingerprint density at radius 2 is 1.96 bits per heavy atom. The Morgan fingerprint density at radius 3 is 2.74 bits per heavy atom. The average Bonchev–Trinajstić information content (AvgIpc) is 3.13. The molecule has 0 fully saturated rings. The van der Waals surface area contributed by atoms with E-state index in [1.807, 2.05) is 37.3 Å². The molecule has 4 rings (SSSR count). The van der Waals surface area contributed by atoms with E-state index in [0.29, 0.717) is 34.1 Å². The van der Waals surface area contributed by atoms with Gasteiger partial charge in [-0.25, -0.2) is 4.98 Å². The summed E-state index contributed by atoms with van der Waals surface area (Å²) in [5.41, 5.74) is 4.11. The lowest BCUT2D eigenvalue weighted by molar-refractivity contribution is 0.102. The minimum Gasteiger partial charge on any atom is -0.496 e.